The Morgan fingerprint density at radius 1 is 1.25 bits per heavy atom. The first-order valence-corrected chi connectivity index (χ1v) is 10.9. The van der Waals surface area contributed by atoms with Crippen LogP contribution in [0.15, 0.2) is 30.5 Å². The summed E-state index contributed by atoms with van der Waals surface area (Å²) in [6, 6.07) is 8.59. The van der Waals surface area contributed by atoms with E-state index in [4.69, 9.17) is 5.73 Å². The summed E-state index contributed by atoms with van der Waals surface area (Å²) in [5, 5.41) is 1.29. The lowest BCUT2D eigenvalue weighted by Crippen LogP contribution is -2.47. The number of aromatic amines is 1. The van der Waals surface area contributed by atoms with Crippen LogP contribution in [0.25, 0.3) is 10.9 Å². The fourth-order valence-corrected chi connectivity index (χ4v) is 4.16. The highest BCUT2D eigenvalue weighted by molar-refractivity contribution is 5.83. The van der Waals surface area contributed by atoms with E-state index in [0.717, 1.165) is 51.7 Å². The summed E-state index contributed by atoms with van der Waals surface area (Å²) < 4.78 is 0. The highest BCUT2D eigenvalue weighted by Crippen LogP contribution is 2.25. The van der Waals surface area contributed by atoms with Crippen LogP contribution < -0.4 is 5.73 Å². The second-order valence-corrected chi connectivity index (χ2v) is 9.67. The van der Waals surface area contributed by atoms with Crippen molar-refractivity contribution >= 4 is 16.7 Å². The van der Waals surface area contributed by atoms with Gasteiger partial charge in [-0.1, -0.05) is 39.0 Å². The molecule has 1 unspecified atom stereocenters. The van der Waals surface area contributed by atoms with Crippen LogP contribution in [0.5, 0.6) is 0 Å². The molecule has 0 saturated carbocycles. The molecule has 1 saturated heterocycles. The van der Waals surface area contributed by atoms with Crippen LogP contribution in [0.3, 0.4) is 0 Å². The summed E-state index contributed by atoms with van der Waals surface area (Å²) in [6.45, 7) is 9.75. The van der Waals surface area contributed by atoms with Crippen molar-refractivity contribution in [2.75, 3.05) is 19.6 Å². The molecule has 1 aliphatic rings. The number of aryl methyl sites for hydroxylation is 1. The van der Waals surface area contributed by atoms with Crippen molar-refractivity contribution in [2.45, 2.75) is 65.3 Å². The Balaban J connectivity index is 1.36. The van der Waals surface area contributed by atoms with Crippen LogP contribution in [-0.2, 0) is 11.2 Å². The van der Waals surface area contributed by atoms with Gasteiger partial charge in [0.05, 0.1) is 0 Å². The number of carbonyl (C=O) groups excluding carboxylic acids is 1. The molecule has 3 N–H and O–H groups in total. The number of H-pyrrole nitrogens is 1. The molecule has 1 aromatic heterocycles. The zero-order valence-electron chi connectivity index (χ0n) is 17.8. The predicted octanol–water partition coefficient (Wildman–Crippen LogP) is 4.54. The number of benzene rings is 1. The van der Waals surface area contributed by atoms with Gasteiger partial charge in [0.2, 0.25) is 0 Å². The summed E-state index contributed by atoms with van der Waals surface area (Å²) in [7, 11) is 0. The van der Waals surface area contributed by atoms with Gasteiger partial charge in [-0.25, -0.2) is 0 Å². The number of carbonyl (C=O) groups is 1. The lowest BCUT2D eigenvalue weighted by Gasteiger charge is -2.36. The van der Waals surface area contributed by atoms with E-state index in [9.17, 15) is 4.79 Å². The lowest BCUT2D eigenvalue weighted by atomic mass is 9.86. The minimum Gasteiger partial charge on any atom is -0.361 e. The Bertz CT molecular complexity index is 765. The average molecular weight is 384 g/mol. The quantitative estimate of drug-likeness (QED) is 0.704. The van der Waals surface area contributed by atoms with Crippen molar-refractivity contribution < 1.29 is 4.79 Å². The molecule has 4 heteroatoms. The number of piperidine rings is 1. The van der Waals surface area contributed by atoms with E-state index in [1.54, 1.807) is 0 Å². The van der Waals surface area contributed by atoms with Crippen molar-refractivity contribution in [1.82, 2.24) is 9.88 Å². The van der Waals surface area contributed by atoms with Crippen LogP contribution >= 0.6 is 0 Å². The molecule has 1 aliphatic heterocycles. The van der Waals surface area contributed by atoms with Gasteiger partial charge in [0, 0.05) is 42.5 Å². The van der Waals surface area contributed by atoms with Crippen LogP contribution in [0.4, 0.5) is 0 Å². The largest absolute Gasteiger partial charge is 0.361 e. The molecular weight excluding hydrogens is 346 g/mol. The second-order valence-electron chi connectivity index (χ2n) is 9.67. The van der Waals surface area contributed by atoms with E-state index >= 15 is 0 Å². The van der Waals surface area contributed by atoms with Crippen molar-refractivity contribution in [1.29, 1.82) is 0 Å². The number of nitrogens with two attached hydrogens (primary N) is 1. The lowest BCUT2D eigenvalue weighted by molar-refractivity contribution is -0.120. The maximum absolute atomic E-state index is 12.5. The van der Waals surface area contributed by atoms with Gasteiger partial charge in [-0.2, -0.15) is 0 Å². The molecule has 0 amide bonds. The number of likely N-dealkylation sites (tertiary alicyclic amines) is 1. The number of hydrogen-bond acceptors (Lipinski definition) is 3. The van der Waals surface area contributed by atoms with Gasteiger partial charge in [0.25, 0.3) is 0 Å². The Morgan fingerprint density at radius 3 is 2.68 bits per heavy atom. The van der Waals surface area contributed by atoms with E-state index in [0.29, 0.717) is 18.1 Å². The highest BCUT2D eigenvalue weighted by atomic mass is 16.1. The zero-order chi connectivity index (χ0) is 20.1. The summed E-state index contributed by atoms with van der Waals surface area (Å²) in [6.07, 6.45) is 7.73. The van der Waals surface area contributed by atoms with Gasteiger partial charge in [0.1, 0.15) is 5.78 Å². The van der Waals surface area contributed by atoms with Crippen LogP contribution in [0.1, 0.15) is 58.4 Å². The SMILES string of the molecule is CC(C)(C)C(N)CN1CCC(CC(=O)CCCc2c[nH]c3ccccc23)CC1. The summed E-state index contributed by atoms with van der Waals surface area (Å²) >= 11 is 0. The highest BCUT2D eigenvalue weighted by Gasteiger charge is 2.26. The second kappa shape index (κ2) is 9.23. The molecule has 0 aliphatic carbocycles. The number of rotatable bonds is 8. The number of ketones is 1. The fraction of sp³-hybridized carbons (Fsp3) is 0.625. The third kappa shape index (κ3) is 5.68. The van der Waals surface area contributed by atoms with Crippen molar-refractivity contribution in [3.05, 3.63) is 36.0 Å². The number of hydrogen-bond donors (Lipinski definition) is 2. The molecule has 4 nitrogen and oxygen atoms in total. The van der Waals surface area contributed by atoms with E-state index < -0.39 is 0 Å². The molecule has 0 bridgehead atoms. The first-order chi connectivity index (χ1) is 13.3. The molecule has 1 fully saturated rings. The summed E-state index contributed by atoms with van der Waals surface area (Å²) in [5.74, 6) is 0.993. The number of para-hydroxylation sites is 1. The Morgan fingerprint density at radius 2 is 1.96 bits per heavy atom. The smallest absolute Gasteiger partial charge is 0.133 e. The van der Waals surface area contributed by atoms with E-state index in [-0.39, 0.29) is 11.5 Å². The molecule has 2 aromatic rings. The van der Waals surface area contributed by atoms with Gasteiger partial charge in [-0.3, -0.25) is 4.79 Å². The standard InChI is InChI=1S/C24H37N3O/c1-24(2,3)23(25)17-27-13-11-18(12-14-27)15-20(28)8-6-7-19-16-26-22-10-5-4-9-21(19)22/h4-5,9-10,16,18,23,26H,6-8,11-15,17,25H2,1-3H3. The van der Waals surface area contributed by atoms with Crippen LogP contribution in [-0.4, -0.2) is 41.3 Å². The number of nitrogens with zero attached hydrogens (tertiary/aromatic N) is 1. The number of nitrogens with one attached hydrogen (secondary N) is 1. The van der Waals surface area contributed by atoms with Gasteiger partial charge < -0.3 is 15.6 Å². The monoisotopic (exact) mass is 383 g/mol. The fourth-order valence-electron chi connectivity index (χ4n) is 4.16. The molecule has 28 heavy (non-hydrogen) atoms. The molecule has 3 rings (SSSR count). The van der Waals surface area contributed by atoms with Crippen LogP contribution in [0.2, 0.25) is 0 Å². The molecule has 0 radical (unpaired) electrons. The zero-order valence-corrected chi connectivity index (χ0v) is 17.8. The molecule has 2 heterocycles. The van der Waals surface area contributed by atoms with E-state index in [1.165, 1.54) is 16.5 Å². The molecule has 1 aromatic carbocycles. The third-order valence-corrected chi connectivity index (χ3v) is 6.37. The van der Waals surface area contributed by atoms with E-state index in [2.05, 4.69) is 55.1 Å². The number of fused-ring (bicyclic) bond motifs is 1. The normalized spacial score (nSPS) is 17.9. The average Bonchev–Trinajstić information content (AvgIpc) is 3.06. The summed E-state index contributed by atoms with van der Waals surface area (Å²) in [4.78, 5) is 18.3. The first-order valence-electron chi connectivity index (χ1n) is 10.9. The van der Waals surface area contributed by atoms with Crippen molar-refractivity contribution in [3.8, 4) is 0 Å². The van der Waals surface area contributed by atoms with Crippen molar-refractivity contribution in [3.63, 3.8) is 0 Å². The Kier molecular flexibility index (Phi) is 6.95. The van der Waals surface area contributed by atoms with E-state index in [1.807, 2.05) is 6.07 Å². The molecule has 1 atom stereocenters. The molecule has 154 valence electrons. The Hall–Kier alpha value is -1.65. The maximum Gasteiger partial charge on any atom is 0.133 e. The minimum atomic E-state index is 0.150. The van der Waals surface area contributed by atoms with Gasteiger partial charge in [-0.05, 0) is 61.7 Å². The van der Waals surface area contributed by atoms with Gasteiger partial charge in [0.15, 0.2) is 0 Å². The maximum atomic E-state index is 12.5. The van der Waals surface area contributed by atoms with Crippen molar-refractivity contribution in [2.24, 2.45) is 17.1 Å². The minimum absolute atomic E-state index is 0.150. The number of aromatic nitrogens is 1. The summed E-state index contributed by atoms with van der Waals surface area (Å²) in [5.41, 5.74) is 8.99. The van der Waals surface area contributed by atoms with Gasteiger partial charge in [-0.15, -0.1) is 0 Å². The topological polar surface area (TPSA) is 62.1 Å². The van der Waals surface area contributed by atoms with Crippen LogP contribution in [0, 0.1) is 11.3 Å². The molecule has 0 spiro atoms. The number of Topliss-reactive ketones (excluding diaryl/α,β-unsaturated/α-hetero) is 1. The van der Waals surface area contributed by atoms with Gasteiger partial charge >= 0.3 is 0 Å². The predicted molar refractivity (Wildman–Crippen MR) is 117 cm³/mol. The Labute approximate surface area is 169 Å². The molecular formula is C24H37N3O. The first kappa shape index (κ1) is 21.1. The third-order valence-electron chi connectivity index (χ3n) is 6.37.